The Hall–Kier alpha value is -2.76. The lowest BCUT2D eigenvalue weighted by atomic mass is 9.79. The number of pyridine rings is 1. The van der Waals surface area contributed by atoms with Gasteiger partial charge in [-0.3, -0.25) is 4.79 Å². The minimum absolute atomic E-state index is 0.0884. The molecule has 4 rings (SSSR count). The summed E-state index contributed by atoms with van der Waals surface area (Å²) in [6.07, 6.45) is 7.16. The highest BCUT2D eigenvalue weighted by Gasteiger charge is 2.32. The number of Topliss-reactive ketones (excluding diaryl/α,β-unsaturated/α-hetero) is 1. The van der Waals surface area contributed by atoms with Crippen LogP contribution in [0.3, 0.4) is 0 Å². The van der Waals surface area contributed by atoms with Crippen molar-refractivity contribution in [3.63, 3.8) is 0 Å². The van der Waals surface area contributed by atoms with Gasteiger partial charge < -0.3 is 4.74 Å². The first-order valence-corrected chi connectivity index (χ1v) is 11.4. The van der Waals surface area contributed by atoms with Gasteiger partial charge in [0.05, 0.1) is 10.9 Å². The first-order chi connectivity index (χ1) is 14.6. The molecule has 1 atom stereocenters. The summed E-state index contributed by atoms with van der Waals surface area (Å²) in [5.74, 6) is 1.22. The molecule has 1 aliphatic carbocycles. The third kappa shape index (κ3) is 4.69. The fourth-order valence-electron chi connectivity index (χ4n) is 3.52. The number of benzene rings is 2. The van der Waals surface area contributed by atoms with Crippen LogP contribution in [0.2, 0.25) is 0 Å². The molecule has 150 valence electrons. The van der Waals surface area contributed by atoms with Gasteiger partial charge in [0.1, 0.15) is 11.5 Å². The molecule has 0 radical (unpaired) electrons. The van der Waals surface area contributed by atoms with Gasteiger partial charge >= 0.3 is 0 Å². The Morgan fingerprint density at radius 3 is 2.50 bits per heavy atom. The zero-order chi connectivity index (χ0) is 20.9. The van der Waals surface area contributed by atoms with Crippen molar-refractivity contribution in [3.8, 4) is 11.5 Å². The molecule has 0 aliphatic heterocycles. The van der Waals surface area contributed by atoms with Crippen molar-refractivity contribution in [2.45, 2.75) is 23.8 Å². The molecule has 3 nitrogen and oxygen atoms in total. The van der Waals surface area contributed by atoms with E-state index in [1.807, 2.05) is 79.1 Å². The molecule has 1 aromatic heterocycles. The molecule has 0 saturated heterocycles. The van der Waals surface area contributed by atoms with Gasteiger partial charge in [-0.05, 0) is 78.3 Å². The lowest BCUT2D eigenvalue weighted by Crippen LogP contribution is -2.27. The largest absolute Gasteiger partial charge is 0.457 e. The monoisotopic (exact) mass is 431 g/mol. The quantitative estimate of drug-likeness (QED) is 0.262. The summed E-state index contributed by atoms with van der Waals surface area (Å²) >= 11 is 7.18. The molecule has 0 spiro atoms. The first kappa shape index (κ1) is 20.5. The Balaban J connectivity index is 1.56. The molecule has 2 aromatic carbocycles. The van der Waals surface area contributed by atoms with Crippen LogP contribution in [0.1, 0.15) is 29.9 Å². The lowest BCUT2D eigenvalue weighted by molar-refractivity contribution is -0.115. The molecular formula is C25H21NO2S2. The second-order valence-electron chi connectivity index (χ2n) is 7.05. The van der Waals surface area contributed by atoms with E-state index in [2.05, 4.69) is 4.98 Å². The normalized spacial score (nSPS) is 17.9. The zero-order valence-corrected chi connectivity index (χ0v) is 18.2. The maximum atomic E-state index is 13.3. The molecule has 1 saturated carbocycles. The Bertz CT molecular complexity index is 1090. The van der Waals surface area contributed by atoms with Crippen LogP contribution < -0.4 is 4.74 Å². The molecule has 0 bridgehead atoms. The predicted molar refractivity (Wildman–Crippen MR) is 127 cm³/mol. The SMILES string of the molecule is CSc1cc(/C=C2\CCC(=S)C(c3ccc(Oc4ccccc4)cc3)C2=O)ccn1. The third-order valence-corrected chi connectivity index (χ3v) is 6.12. The van der Waals surface area contributed by atoms with Gasteiger partial charge in [0.15, 0.2) is 5.78 Å². The molecule has 1 unspecified atom stereocenters. The van der Waals surface area contributed by atoms with Gasteiger partial charge in [-0.25, -0.2) is 4.98 Å². The smallest absolute Gasteiger partial charge is 0.171 e. The van der Waals surface area contributed by atoms with Gasteiger partial charge in [-0.15, -0.1) is 11.8 Å². The number of thioether (sulfide) groups is 1. The van der Waals surface area contributed by atoms with Gasteiger partial charge in [0.2, 0.25) is 0 Å². The van der Waals surface area contributed by atoms with E-state index < -0.39 is 0 Å². The molecule has 0 N–H and O–H groups in total. The van der Waals surface area contributed by atoms with E-state index in [-0.39, 0.29) is 11.7 Å². The Kier molecular flexibility index (Phi) is 6.41. The maximum Gasteiger partial charge on any atom is 0.171 e. The Labute approximate surface area is 186 Å². The topological polar surface area (TPSA) is 39.2 Å². The highest BCUT2D eigenvalue weighted by Crippen LogP contribution is 2.34. The van der Waals surface area contributed by atoms with Crippen molar-refractivity contribution in [3.05, 3.63) is 89.6 Å². The van der Waals surface area contributed by atoms with Gasteiger partial charge in [-0.2, -0.15) is 0 Å². The van der Waals surface area contributed by atoms with E-state index in [4.69, 9.17) is 17.0 Å². The number of ketones is 1. The average molecular weight is 432 g/mol. The van der Waals surface area contributed by atoms with E-state index >= 15 is 0 Å². The highest BCUT2D eigenvalue weighted by molar-refractivity contribution is 7.98. The van der Waals surface area contributed by atoms with Crippen molar-refractivity contribution in [1.29, 1.82) is 0 Å². The summed E-state index contributed by atoms with van der Waals surface area (Å²) in [4.78, 5) is 18.4. The molecule has 5 heteroatoms. The minimum Gasteiger partial charge on any atom is -0.457 e. The standard InChI is InChI=1S/C25H21NO2S2/c1-30-23-16-17(13-14-26-23)15-19-9-12-22(29)24(25(19)27)18-7-10-21(11-8-18)28-20-5-3-2-4-6-20/h2-8,10-11,13-16,24H,9,12H2,1H3/b19-15+. The number of nitrogens with zero attached hydrogens (tertiary/aromatic N) is 1. The molecular weight excluding hydrogens is 410 g/mol. The first-order valence-electron chi connectivity index (χ1n) is 9.74. The number of hydrogen-bond donors (Lipinski definition) is 0. The van der Waals surface area contributed by atoms with Crippen LogP contribution in [-0.2, 0) is 4.79 Å². The molecule has 30 heavy (non-hydrogen) atoms. The number of ether oxygens (including phenoxy) is 1. The van der Waals surface area contributed by atoms with Crippen LogP contribution in [0.5, 0.6) is 11.5 Å². The number of hydrogen-bond acceptors (Lipinski definition) is 5. The van der Waals surface area contributed by atoms with Crippen LogP contribution in [0, 0.1) is 0 Å². The van der Waals surface area contributed by atoms with Gasteiger partial charge in [0.25, 0.3) is 0 Å². The van der Waals surface area contributed by atoms with Crippen molar-refractivity contribution in [1.82, 2.24) is 4.98 Å². The summed E-state index contributed by atoms with van der Waals surface area (Å²) in [5, 5.41) is 0.939. The summed E-state index contributed by atoms with van der Waals surface area (Å²) < 4.78 is 5.86. The Morgan fingerprint density at radius 2 is 1.77 bits per heavy atom. The van der Waals surface area contributed by atoms with Crippen LogP contribution in [0.15, 0.2) is 83.5 Å². The second kappa shape index (κ2) is 9.37. The zero-order valence-electron chi connectivity index (χ0n) is 16.6. The number of thiocarbonyl (C=S) groups is 1. The van der Waals surface area contributed by atoms with E-state index in [0.717, 1.165) is 44.5 Å². The van der Waals surface area contributed by atoms with Gasteiger partial charge in [-0.1, -0.05) is 42.5 Å². The molecule has 1 fully saturated rings. The molecule has 1 heterocycles. The number of allylic oxidation sites excluding steroid dienone is 1. The van der Waals surface area contributed by atoms with Crippen LogP contribution in [0.4, 0.5) is 0 Å². The minimum atomic E-state index is -0.382. The van der Waals surface area contributed by atoms with Crippen LogP contribution >= 0.6 is 24.0 Å². The summed E-state index contributed by atoms with van der Waals surface area (Å²) in [6, 6.07) is 21.2. The fourth-order valence-corrected chi connectivity index (χ4v) is 4.28. The van der Waals surface area contributed by atoms with Crippen molar-refractivity contribution in [2.75, 3.05) is 6.26 Å². The number of carbonyl (C=O) groups excluding carboxylic acids is 1. The number of rotatable bonds is 5. The second-order valence-corrected chi connectivity index (χ2v) is 8.40. The van der Waals surface area contributed by atoms with Crippen molar-refractivity contribution >= 4 is 40.7 Å². The average Bonchev–Trinajstić information content (AvgIpc) is 2.78. The van der Waals surface area contributed by atoms with E-state index in [0.29, 0.717) is 6.42 Å². The number of carbonyl (C=O) groups is 1. The van der Waals surface area contributed by atoms with E-state index in [9.17, 15) is 4.79 Å². The Morgan fingerprint density at radius 1 is 1.03 bits per heavy atom. The van der Waals surface area contributed by atoms with Crippen molar-refractivity contribution in [2.24, 2.45) is 0 Å². The van der Waals surface area contributed by atoms with Crippen molar-refractivity contribution < 1.29 is 9.53 Å². The van der Waals surface area contributed by atoms with Crippen LogP contribution in [0.25, 0.3) is 6.08 Å². The third-order valence-electron chi connectivity index (χ3n) is 5.04. The molecule has 3 aromatic rings. The fraction of sp³-hybridized carbons (Fsp3) is 0.160. The highest BCUT2D eigenvalue weighted by atomic mass is 32.2. The number of para-hydroxylation sites is 1. The van der Waals surface area contributed by atoms with E-state index in [1.165, 1.54) is 0 Å². The maximum absolute atomic E-state index is 13.3. The molecule has 0 amide bonds. The van der Waals surface area contributed by atoms with Gasteiger partial charge in [0, 0.05) is 11.1 Å². The lowest BCUT2D eigenvalue weighted by Gasteiger charge is -2.25. The van der Waals surface area contributed by atoms with E-state index in [1.54, 1.807) is 18.0 Å². The summed E-state index contributed by atoms with van der Waals surface area (Å²) in [5.41, 5.74) is 2.72. The summed E-state index contributed by atoms with van der Waals surface area (Å²) in [7, 11) is 0. The predicted octanol–water partition coefficient (Wildman–Crippen LogP) is 6.50. The summed E-state index contributed by atoms with van der Waals surface area (Å²) in [6.45, 7) is 0. The number of aromatic nitrogens is 1. The molecule has 1 aliphatic rings. The van der Waals surface area contributed by atoms with Crippen LogP contribution in [-0.4, -0.2) is 21.9 Å².